The van der Waals surface area contributed by atoms with Gasteiger partial charge in [0.1, 0.15) is 6.10 Å². The molecule has 0 amide bonds. The summed E-state index contributed by atoms with van der Waals surface area (Å²) in [6, 6.07) is 0. The van der Waals surface area contributed by atoms with Gasteiger partial charge in [0.15, 0.2) is 0 Å². The van der Waals surface area contributed by atoms with E-state index >= 15 is 0 Å². The van der Waals surface area contributed by atoms with Gasteiger partial charge in [0.05, 0.1) is 19.8 Å². The van der Waals surface area contributed by atoms with Crippen molar-refractivity contribution in [3.63, 3.8) is 0 Å². The van der Waals surface area contributed by atoms with Gasteiger partial charge in [0.25, 0.3) is 0 Å². The lowest BCUT2D eigenvalue weighted by atomic mass is 10.1. The lowest BCUT2D eigenvalue weighted by Gasteiger charge is -2.20. The highest BCUT2D eigenvalue weighted by molar-refractivity contribution is 7.47. The summed E-state index contributed by atoms with van der Waals surface area (Å²) in [4.78, 5) is 11.9. The maximum atomic E-state index is 12.3. The van der Waals surface area contributed by atoms with Crippen molar-refractivity contribution < 1.29 is 28.0 Å². The average Bonchev–Trinajstić information content (AvgIpc) is 2.97. The molecule has 43 heavy (non-hydrogen) atoms. The first-order chi connectivity index (χ1) is 20.9. The minimum absolute atomic E-state index is 0.00750. The third-order valence-corrected chi connectivity index (χ3v) is 9.00. The zero-order valence-electron chi connectivity index (χ0n) is 29.2. The molecule has 0 aliphatic heterocycles. The van der Waals surface area contributed by atoms with Gasteiger partial charge in [0, 0.05) is 19.8 Å². The summed E-state index contributed by atoms with van der Waals surface area (Å²) in [5.74, 6) is 0. The van der Waals surface area contributed by atoms with E-state index in [1.807, 2.05) is 19.0 Å². The van der Waals surface area contributed by atoms with Crippen LogP contribution in [0.2, 0.25) is 0 Å². The Kier molecular flexibility index (Phi) is 33.3. The van der Waals surface area contributed by atoms with Crippen molar-refractivity contribution in [2.24, 2.45) is 0 Å². The van der Waals surface area contributed by atoms with Gasteiger partial charge in [-0.3, -0.25) is 9.05 Å². The minimum Gasteiger partial charge on any atom is -0.379 e. The Labute approximate surface area is 268 Å². The highest BCUT2D eigenvalue weighted by Crippen LogP contribution is 2.43. The molecule has 0 saturated heterocycles. The van der Waals surface area contributed by atoms with Gasteiger partial charge < -0.3 is 19.3 Å². The molecular formula is C35H74NO6P. The number of rotatable bonds is 36. The molecule has 260 valence electrons. The number of nitrogens with zero attached hydrogens (tertiary/aromatic N) is 1. The van der Waals surface area contributed by atoms with Gasteiger partial charge in [-0.1, -0.05) is 155 Å². The standard InChI is InChI=1S/C35H74NO6P/c1-5-7-9-11-13-15-17-19-21-23-25-27-30-39-33-35(34-42-43(37,38)41-32-29-36(3)4)40-31-28-26-24-22-20-18-16-14-12-10-8-6-2/h35H,5-34H2,1-4H3,(H,37,38)/t35-/m1/s1. The Balaban J connectivity index is 4.06. The van der Waals surface area contributed by atoms with Crippen molar-refractivity contribution >= 4 is 7.82 Å². The molecule has 0 aromatic heterocycles. The highest BCUT2D eigenvalue weighted by atomic mass is 31.2. The smallest absolute Gasteiger partial charge is 0.379 e. The molecular weight excluding hydrogens is 561 g/mol. The third kappa shape index (κ3) is 34.7. The van der Waals surface area contributed by atoms with Crippen molar-refractivity contribution in [3.8, 4) is 0 Å². The number of unbranched alkanes of at least 4 members (excludes halogenated alkanes) is 22. The second-order valence-electron chi connectivity index (χ2n) is 12.7. The van der Waals surface area contributed by atoms with Crippen LogP contribution in [0.15, 0.2) is 0 Å². The minimum atomic E-state index is -4.11. The van der Waals surface area contributed by atoms with Crippen LogP contribution in [0.3, 0.4) is 0 Å². The van der Waals surface area contributed by atoms with E-state index in [-0.39, 0.29) is 19.3 Å². The molecule has 0 spiro atoms. The first-order valence-electron chi connectivity index (χ1n) is 18.4. The predicted molar refractivity (Wildman–Crippen MR) is 183 cm³/mol. The van der Waals surface area contributed by atoms with E-state index in [1.54, 1.807) is 0 Å². The Morgan fingerprint density at radius 3 is 1.35 bits per heavy atom. The molecule has 0 heterocycles. The summed E-state index contributed by atoms with van der Waals surface area (Å²) >= 11 is 0. The normalized spacial score (nSPS) is 14.0. The van der Waals surface area contributed by atoms with Gasteiger partial charge in [-0.15, -0.1) is 0 Å². The van der Waals surface area contributed by atoms with Crippen molar-refractivity contribution in [2.75, 3.05) is 53.7 Å². The van der Waals surface area contributed by atoms with Crippen LogP contribution >= 0.6 is 7.82 Å². The Hall–Kier alpha value is -0.0100. The fourth-order valence-electron chi connectivity index (χ4n) is 5.15. The first-order valence-corrected chi connectivity index (χ1v) is 19.9. The summed E-state index contributed by atoms with van der Waals surface area (Å²) in [5, 5.41) is 0. The van der Waals surface area contributed by atoms with E-state index in [0.29, 0.717) is 26.4 Å². The van der Waals surface area contributed by atoms with E-state index in [1.165, 1.54) is 135 Å². The van der Waals surface area contributed by atoms with E-state index in [9.17, 15) is 9.46 Å². The van der Waals surface area contributed by atoms with Crippen LogP contribution in [0.5, 0.6) is 0 Å². The summed E-state index contributed by atoms with van der Waals surface area (Å²) in [6.45, 7) is 6.89. The zero-order valence-corrected chi connectivity index (χ0v) is 30.1. The lowest BCUT2D eigenvalue weighted by Crippen LogP contribution is -2.26. The average molecular weight is 636 g/mol. The number of phosphoric ester groups is 1. The summed E-state index contributed by atoms with van der Waals surface area (Å²) < 4.78 is 34.6. The van der Waals surface area contributed by atoms with Gasteiger partial charge in [-0.05, 0) is 26.9 Å². The number of likely N-dealkylation sites (N-methyl/N-ethyl adjacent to an activating group) is 1. The maximum Gasteiger partial charge on any atom is 0.472 e. The maximum absolute atomic E-state index is 12.3. The highest BCUT2D eigenvalue weighted by Gasteiger charge is 2.24. The van der Waals surface area contributed by atoms with Crippen molar-refractivity contribution in [3.05, 3.63) is 0 Å². The number of hydrogen-bond acceptors (Lipinski definition) is 6. The molecule has 7 nitrogen and oxygen atoms in total. The molecule has 8 heteroatoms. The van der Waals surface area contributed by atoms with Gasteiger partial charge >= 0.3 is 7.82 Å². The number of hydrogen-bond donors (Lipinski definition) is 1. The molecule has 0 radical (unpaired) electrons. The molecule has 0 aromatic carbocycles. The molecule has 0 aliphatic rings. The third-order valence-electron chi connectivity index (χ3n) is 8.01. The number of ether oxygens (including phenoxy) is 2. The molecule has 0 rings (SSSR count). The van der Waals surface area contributed by atoms with Gasteiger partial charge in [0.2, 0.25) is 0 Å². The fraction of sp³-hybridized carbons (Fsp3) is 1.00. The monoisotopic (exact) mass is 636 g/mol. The predicted octanol–water partition coefficient (Wildman–Crippen LogP) is 10.5. The molecule has 1 unspecified atom stereocenters. The van der Waals surface area contributed by atoms with Crippen LogP contribution in [-0.4, -0.2) is 69.6 Å². The quantitative estimate of drug-likeness (QED) is 0.0542. The molecule has 2 atom stereocenters. The second-order valence-corrected chi connectivity index (χ2v) is 14.2. The lowest BCUT2D eigenvalue weighted by molar-refractivity contribution is -0.0445. The van der Waals surface area contributed by atoms with Crippen LogP contribution < -0.4 is 0 Å². The Bertz CT molecular complexity index is 595. The summed E-state index contributed by atoms with van der Waals surface area (Å²) in [6.07, 6.45) is 31.0. The largest absolute Gasteiger partial charge is 0.472 e. The Morgan fingerprint density at radius 1 is 0.535 bits per heavy atom. The second kappa shape index (κ2) is 33.4. The van der Waals surface area contributed by atoms with Crippen LogP contribution in [0.1, 0.15) is 168 Å². The molecule has 0 bridgehead atoms. The van der Waals surface area contributed by atoms with E-state index in [2.05, 4.69) is 13.8 Å². The topological polar surface area (TPSA) is 77.5 Å². The van der Waals surface area contributed by atoms with E-state index < -0.39 is 7.82 Å². The van der Waals surface area contributed by atoms with Crippen molar-refractivity contribution in [1.29, 1.82) is 0 Å². The van der Waals surface area contributed by atoms with Crippen LogP contribution in [0.4, 0.5) is 0 Å². The molecule has 0 fully saturated rings. The molecule has 0 aliphatic carbocycles. The number of phosphoric acid groups is 1. The van der Waals surface area contributed by atoms with Crippen molar-refractivity contribution in [1.82, 2.24) is 4.90 Å². The van der Waals surface area contributed by atoms with Crippen molar-refractivity contribution in [2.45, 2.75) is 174 Å². The van der Waals surface area contributed by atoms with Gasteiger partial charge in [-0.2, -0.15) is 0 Å². The van der Waals surface area contributed by atoms with Crippen LogP contribution in [-0.2, 0) is 23.1 Å². The summed E-state index contributed by atoms with van der Waals surface area (Å²) in [5.41, 5.74) is 0. The Morgan fingerprint density at radius 2 is 0.930 bits per heavy atom. The van der Waals surface area contributed by atoms with Gasteiger partial charge in [-0.25, -0.2) is 4.57 Å². The van der Waals surface area contributed by atoms with Crippen LogP contribution in [0, 0.1) is 0 Å². The van der Waals surface area contributed by atoms with E-state index in [4.69, 9.17) is 18.5 Å². The molecule has 0 aromatic rings. The molecule has 0 saturated carbocycles. The van der Waals surface area contributed by atoms with Crippen LogP contribution in [0.25, 0.3) is 0 Å². The van der Waals surface area contributed by atoms with E-state index in [0.717, 1.165) is 19.3 Å². The SMILES string of the molecule is CCCCCCCCCCCCCCOC[C@H](COP(=O)(O)OCCN(C)C)OCCCCCCCCCCCCCC. The summed E-state index contributed by atoms with van der Waals surface area (Å²) in [7, 11) is -0.332. The molecule has 1 N–H and O–H groups in total. The zero-order chi connectivity index (χ0) is 31.7. The fourth-order valence-corrected chi connectivity index (χ4v) is 5.89. The first kappa shape index (κ1) is 43.0.